The topological polar surface area (TPSA) is 29.1 Å². The van der Waals surface area contributed by atoms with Crippen LogP contribution in [0.5, 0.6) is 0 Å². The van der Waals surface area contributed by atoms with Crippen molar-refractivity contribution in [2.45, 2.75) is 45.8 Å². The molecule has 2 nitrogen and oxygen atoms in total. The number of halogens is 1. The van der Waals surface area contributed by atoms with E-state index in [-0.39, 0.29) is 5.54 Å². The van der Waals surface area contributed by atoms with E-state index in [0.717, 1.165) is 0 Å². The second-order valence-corrected chi connectivity index (χ2v) is 4.18. The van der Waals surface area contributed by atoms with Gasteiger partial charge in [-0.05, 0) is 34.6 Å². The molecule has 3 heteroatoms. The fourth-order valence-electron chi connectivity index (χ4n) is 0.489. The summed E-state index contributed by atoms with van der Waals surface area (Å²) in [4.78, 5) is 11.0. The molecular formula is C8H16FNO. The Bertz CT molecular complexity index is 152. The third-order valence-electron chi connectivity index (χ3n) is 1.03. The van der Waals surface area contributed by atoms with E-state index in [9.17, 15) is 9.18 Å². The maximum Gasteiger partial charge on any atom is 0.257 e. The van der Waals surface area contributed by atoms with Crippen molar-refractivity contribution >= 4 is 5.91 Å². The van der Waals surface area contributed by atoms with Gasteiger partial charge in [0.2, 0.25) is 0 Å². The molecule has 0 unspecified atom stereocenters. The Morgan fingerprint density at radius 2 is 1.55 bits per heavy atom. The van der Waals surface area contributed by atoms with Crippen molar-refractivity contribution in [1.82, 2.24) is 5.32 Å². The summed E-state index contributed by atoms with van der Waals surface area (Å²) in [5.74, 6) is -0.565. The van der Waals surface area contributed by atoms with Crippen molar-refractivity contribution < 1.29 is 9.18 Å². The van der Waals surface area contributed by atoms with E-state index in [2.05, 4.69) is 5.32 Å². The van der Waals surface area contributed by atoms with Crippen molar-refractivity contribution in [3.8, 4) is 0 Å². The van der Waals surface area contributed by atoms with Crippen molar-refractivity contribution in [3.63, 3.8) is 0 Å². The van der Waals surface area contributed by atoms with Crippen LogP contribution in [0.3, 0.4) is 0 Å². The Morgan fingerprint density at radius 3 is 1.64 bits per heavy atom. The maximum atomic E-state index is 12.9. The number of alkyl halides is 1. The average molecular weight is 161 g/mol. The summed E-state index contributed by atoms with van der Waals surface area (Å²) in [6.45, 7) is 7.94. The van der Waals surface area contributed by atoms with Gasteiger partial charge in [0.15, 0.2) is 5.67 Å². The lowest BCUT2D eigenvalue weighted by atomic mass is 10.1. The predicted molar refractivity (Wildman–Crippen MR) is 43.1 cm³/mol. The van der Waals surface area contributed by atoms with Crippen molar-refractivity contribution in [2.24, 2.45) is 0 Å². The Morgan fingerprint density at radius 1 is 1.18 bits per heavy atom. The molecule has 0 aromatic rings. The second kappa shape index (κ2) is 2.80. The Kier molecular flexibility index (Phi) is 2.64. The highest BCUT2D eigenvalue weighted by Gasteiger charge is 2.29. The zero-order valence-electron chi connectivity index (χ0n) is 7.79. The van der Waals surface area contributed by atoms with Crippen molar-refractivity contribution in [2.75, 3.05) is 0 Å². The third-order valence-corrected chi connectivity index (χ3v) is 1.03. The summed E-state index contributed by atoms with van der Waals surface area (Å²) in [5, 5.41) is 2.55. The number of nitrogens with one attached hydrogen (secondary N) is 1. The van der Waals surface area contributed by atoms with Crippen LogP contribution in [0.15, 0.2) is 0 Å². The lowest BCUT2D eigenvalue weighted by molar-refractivity contribution is -0.132. The summed E-state index contributed by atoms with van der Waals surface area (Å²) < 4.78 is 12.9. The van der Waals surface area contributed by atoms with Crippen LogP contribution >= 0.6 is 0 Å². The first-order valence-corrected chi connectivity index (χ1v) is 3.64. The van der Waals surface area contributed by atoms with Crippen LogP contribution in [0.25, 0.3) is 0 Å². The van der Waals surface area contributed by atoms with E-state index in [0.29, 0.717) is 0 Å². The quantitative estimate of drug-likeness (QED) is 0.622. The molecule has 0 rings (SSSR count). The number of rotatable bonds is 1. The van der Waals surface area contributed by atoms with Crippen LogP contribution in [-0.2, 0) is 4.79 Å². The summed E-state index contributed by atoms with van der Waals surface area (Å²) in [6.07, 6.45) is 0. The number of carbonyl (C=O) groups is 1. The van der Waals surface area contributed by atoms with Gasteiger partial charge >= 0.3 is 0 Å². The fourth-order valence-corrected chi connectivity index (χ4v) is 0.489. The van der Waals surface area contributed by atoms with Crippen LogP contribution in [0.4, 0.5) is 4.39 Å². The number of hydrogen-bond donors (Lipinski definition) is 1. The molecule has 0 spiro atoms. The first-order valence-electron chi connectivity index (χ1n) is 3.64. The van der Waals surface area contributed by atoms with Crippen LogP contribution in [0.1, 0.15) is 34.6 Å². The normalized spacial score (nSPS) is 12.9. The highest BCUT2D eigenvalue weighted by Crippen LogP contribution is 2.10. The van der Waals surface area contributed by atoms with E-state index in [4.69, 9.17) is 0 Å². The maximum absolute atomic E-state index is 12.9. The molecule has 0 saturated carbocycles. The summed E-state index contributed by atoms with van der Waals surface area (Å²) in [7, 11) is 0. The minimum absolute atomic E-state index is 0.361. The molecule has 0 aromatic carbocycles. The third kappa shape index (κ3) is 4.76. The van der Waals surface area contributed by atoms with Crippen molar-refractivity contribution in [1.29, 1.82) is 0 Å². The van der Waals surface area contributed by atoms with Gasteiger partial charge in [0.1, 0.15) is 0 Å². The molecule has 0 radical (unpaired) electrons. The minimum atomic E-state index is -1.78. The molecule has 1 amide bonds. The first-order chi connectivity index (χ1) is 4.63. The van der Waals surface area contributed by atoms with Gasteiger partial charge in [-0.3, -0.25) is 4.79 Å². The Hall–Kier alpha value is -0.600. The molecule has 0 atom stereocenters. The van der Waals surface area contributed by atoms with Gasteiger partial charge in [0, 0.05) is 5.54 Å². The molecule has 1 N–H and O–H groups in total. The number of hydrogen-bond acceptors (Lipinski definition) is 1. The van der Waals surface area contributed by atoms with Gasteiger partial charge in [0.05, 0.1) is 0 Å². The molecule has 11 heavy (non-hydrogen) atoms. The minimum Gasteiger partial charge on any atom is -0.349 e. The van der Waals surface area contributed by atoms with Gasteiger partial charge < -0.3 is 5.32 Å². The zero-order valence-corrected chi connectivity index (χ0v) is 7.79. The van der Waals surface area contributed by atoms with Gasteiger partial charge in [-0.25, -0.2) is 4.39 Å². The summed E-state index contributed by atoms with van der Waals surface area (Å²) in [5.41, 5.74) is -2.15. The first kappa shape index (κ1) is 10.4. The van der Waals surface area contributed by atoms with Gasteiger partial charge in [0.25, 0.3) is 5.91 Å². The largest absolute Gasteiger partial charge is 0.349 e. The van der Waals surface area contributed by atoms with Crippen LogP contribution < -0.4 is 5.32 Å². The van der Waals surface area contributed by atoms with E-state index in [1.165, 1.54) is 13.8 Å². The lowest BCUT2D eigenvalue weighted by Gasteiger charge is -2.24. The molecule has 66 valence electrons. The molecule has 0 heterocycles. The van der Waals surface area contributed by atoms with Crippen molar-refractivity contribution in [3.05, 3.63) is 0 Å². The molecule has 0 bridgehead atoms. The monoisotopic (exact) mass is 161 g/mol. The van der Waals surface area contributed by atoms with Crippen LogP contribution in [0.2, 0.25) is 0 Å². The Labute approximate surface area is 67.2 Å². The highest BCUT2D eigenvalue weighted by molar-refractivity contribution is 5.84. The van der Waals surface area contributed by atoms with Gasteiger partial charge in [-0.1, -0.05) is 0 Å². The zero-order chi connectivity index (χ0) is 9.28. The smallest absolute Gasteiger partial charge is 0.257 e. The molecule has 0 saturated heterocycles. The molecule has 0 aromatic heterocycles. The standard InChI is InChI=1S/C8H16FNO/c1-7(2,3)10-6(11)8(4,5)9/h1-5H3,(H,10,11). The summed E-state index contributed by atoms with van der Waals surface area (Å²) in [6, 6.07) is 0. The molecule has 0 aliphatic heterocycles. The van der Waals surface area contributed by atoms with Crippen LogP contribution in [0, 0.1) is 0 Å². The van der Waals surface area contributed by atoms with E-state index >= 15 is 0 Å². The fraction of sp³-hybridized carbons (Fsp3) is 0.875. The summed E-state index contributed by atoms with van der Waals surface area (Å²) >= 11 is 0. The van der Waals surface area contributed by atoms with E-state index in [1.54, 1.807) is 0 Å². The molecule has 0 aliphatic carbocycles. The van der Waals surface area contributed by atoms with Gasteiger partial charge in [-0.15, -0.1) is 0 Å². The predicted octanol–water partition coefficient (Wildman–Crippen LogP) is 1.65. The number of amides is 1. The SMILES string of the molecule is CC(C)(C)NC(=O)C(C)(C)F. The van der Waals surface area contributed by atoms with Crippen LogP contribution in [-0.4, -0.2) is 17.1 Å². The number of carbonyl (C=O) groups excluding carboxylic acids is 1. The Balaban J connectivity index is 4.11. The average Bonchev–Trinajstić information content (AvgIpc) is 1.56. The molecule has 0 aliphatic rings. The highest BCUT2D eigenvalue weighted by atomic mass is 19.1. The van der Waals surface area contributed by atoms with E-state index in [1.807, 2.05) is 20.8 Å². The lowest BCUT2D eigenvalue weighted by Crippen LogP contribution is -2.48. The molecule has 0 fully saturated rings. The van der Waals surface area contributed by atoms with Gasteiger partial charge in [-0.2, -0.15) is 0 Å². The second-order valence-electron chi connectivity index (χ2n) is 4.18. The van der Waals surface area contributed by atoms with E-state index < -0.39 is 11.6 Å². The molecular weight excluding hydrogens is 145 g/mol.